The SMILES string of the molecule is CNc1nc2sc(N3CC(C)OC(C)C3)nc2c2c1ncn2C. The van der Waals surface area contributed by atoms with Gasteiger partial charge in [0.05, 0.1) is 18.5 Å². The van der Waals surface area contributed by atoms with Gasteiger partial charge in [-0.3, -0.25) is 0 Å². The monoisotopic (exact) mass is 332 g/mol. The van der Waals surface area contributed by atoms with Crippen molar-refractivity contribution in [1.29, 1.82) is 0 Å². The number of thiazole rings is 1. The maximum absolute atomic E-state index is 5.82. The first-order chi connectivity index (χ1) is 11.1. The molecule has 1 aliphatic heterocycles. The zero-order chi connectivity index (χ0) is 16.1. The highest BCUT2D eigenvalue weighted by atomic mass is 32.1. The van der Waals surface area contributed by atoms with Gasteiger partial charge in [-0.05, 0) is 13.8 Å². The van der Waals surface area contributed by atoms with Crippen molar-refractivity contribution in [3.05, 3.63) is 6.33 Å². The summed E-state index contributed by atoms with van der Waals surface area (Å²) in [5, 5.41) is 4.14. The van der Waals surface area contributed by atoms with Gasteiger partial charge in [-0.25, -0.2) is 15.0 Å². The number of ether oxygens (including phenoxy) is 1. The summed E-state index contributed by atoms with van der Waals surface area (Å²) in [5.74, 6) is 0.798. The van der Waals surface area contributed by atoms with Crippen LogP contribution in [0.15, 0.2) is 6.33 Å². The van der Waals surface area contributed by atoms with Crippen molar-refractivity contribution in [3.63, 3.8) is 0 Å². The molecule has 4 heterocycles. The van der Waals surface area contributed by atoms with Crippen molar-refractivity contribution in [2.45, 2.75) is 26.1 Å². The number of imidazole rings is 1. The van der Waals surface area contributed by atoms with Crippen LogP contribution in [0.5, 0.6) is 0 Å². The van der Waals surface area contributed by atoms with Crippen molar-refractivity contribution in [2.75, 3.05) is 30.4 Å². The lowest BCUT2D eigenvalue weighted by Gasteiger charge is -2.35. The summed E-state index contributed by atoms with van der Waals surface area (Å²) in [4.78, 5) is 17.3. The van der Waals surface area contributed by atoms with E-state index >= 15 is 0 Å². The number of nitrogens with zero attached hydrogens (tertiary/aromatic N) is 5. The predicted molar refractivity (Wildman–Crippen MR) is 93.5 cm³/mol. The minimum atomic E-state index is 0.211. The topological polar surface area (TPSA) is 68.1 Å². The molecule has 4 rings (SSSR count). The maximum Gasteiger partial charge on any atom is 0.188 e. The van der Waals surface area contributed by atoms with Crippen molar-refractivity contribution < 1.29 is 4.74 Å². The minimum Gasteiger partial charge on any atom is -0.372 e. The summed E-state index contributed by atoms with van der Waals surface area (Å²) >= 11 is 1.63. The summed E-state index contributed by atoms with van der Waals surface area (Å²) in [6.45, 7) is 5.93. The van der Waals surface area contributed by atoms with Crippen LogP contribution in [0.3, 0.4) is 0 Å². The van der Waals surface area contributed by atoms with Crippen molar-refractivity contribution in [2.24, 2.45) is 7.05 Å². The molecule has 122 valence electrons. The molecule has 0 saturated carbocycles. The van der Waals surface area contributed by atoms with Gasteiger partial charge in [-0.1, -0.05) is 11.3 Å². The van der Waals surface area contributed by atoms with Crippen molar-refractivity contribution >= 4 is 43.7 Å². The van der Waals surface area contributed by atoms with Gasteiger partial charge in [-0.15, -0.1) is 0 Å². The van der Waals surface area contributed by atoms with Crippen LogP contribution in [0.1, 0.15) is 13.8 Å². The highest BCUT2D eigenvalue weighted by Crippen LogP contribution is 2.35. The Morgan fingerprint density at radius 1 is 1.22 bits per heavy atom. The van der Waals surface area contributed by atoms with Crippen LogP contribution in [0, 0.1) is 0 Å². The Morgan fingerprint density at radius 3 is 2.65 bits per heavy atom. The fourth-order valence-electron chi connectivity index (χ4n) is 3.21. The molecule has 1 aliphatic rings. The summed E-state index contributed by atoms with van der Waals surface area (Å²) in [6.07, 6.45) is 2.23. The molecule has 2 atom stereocenters. The molecule has 1 N–H and O–H groups in total. The molecule has 1 saturated heterocycles. The minimum absolute atomic E-state index is 0.211. The number of morpholine rings is 1. The van der Waals surface area contributed by atoms with Crippen LogP contribution in [0.25, 0.3) is 21.4 Å². The van der Waals surface area contributed by atoms with E-state index in [1.54, 1.807) is 11.3 Å². The van der Waals surface area contributed by atoms with Crippen molar-refractivity contribution in [1.82, 2.24) is 19.5 Å². The number of hydrogen-bond acceptors (Lipinski definition) is 7. The van der Waals surface area contributed by atoms with Crippen LogP contribution < -0.4 is 10.2 Å². The first-order valence-electron chi connectivity index (χ1n) is 7.76. The lowest BCUT2D eigenvalue weighted by Crippen LogP contribution is -2.45. The van der Waals surface area contributed by atoms with E-state index in [1.165, 1.54) is 0 Å². The Kier molecular flexibility index (Phi) is 3.38. The predicted octanol–water partition coefficient (Wildman–Crippen LogP) is 2.23. The number of fused-ring (bicyclic) bond motifs is 3. The van der Waals surface area contributed by atoms with Crippen molar-refractivity contribution in [3.8, 4) is 0 Å². The molecule has 8 heteroatoms. The molecular formula is C15H20N6OS. The first-order valence-corrected chi connectivity index (χ1v) is 8.58. The molecule has 0 radical (unpaired) electrons. The highest BCUT2D eigenvalue weighted by Gasteiger charge is 2.26. The maximum atomic E-state index is 5.82. The molecule has 3 aromatic heterocycles. The Bertz CT molecular complexity index is 862. The summed E-state index contributed by atoms with van der Waals surface area (Å²) in [6, 6.07) is 0. The third-order valence-corrected chi connectivity index (χ3v) is 5.13. The van der Waals surface area contributed by atoms with Crippen LogP contribution in [0.2, 0.25) is 0 Å². The number of aromatic nitrogens is 4. The summed E-state index contributed by atoms with van der Waals surface area (Å²) in [5.41, 5.74) is 2.81. The molecule has 7 nitrogen and oxygen atoms in total. The average molecular weight is 332 g/mol. The van der Waals surface area contributed by atoms with Gasteiger partial charge in [0, 0.05) is 27.2 Å². The molecular weight excluding hydrogens is 312 g/mol. The van der Waals surface area contributed by atoms with E-state index < -0.39 is 0 Å². The zero-order valence-corrected chi connectivity index (χ0v) is 14.5. The Hall–Kier alpha value is -1.93. The Labute approximate surface area is 138 Å². The second kappa shape index (κ2) is 5.31. The number of aryl methyl sites for hydroxylation is 1. The molecule has 2 unspecified atom stereocenters. The zero-order valence-electron chi connectivity index (χ0n) is 13.7. The number of hydrogen-bond donors (Lipinski definition) is 1. The van der Waals surface area contributed by atoms with Gasteiger partial charge >= 0.3 is 0 Å². The smallest absolute Gasteiger partial charge is 0.188 e. The third kappa shape index (κ3) is 2.33. The van der Waals surface area contributed by atoms with Crippen LogP contribution in [-0.4, -0.2) is 51.9 Å². The van der Waals surface area contributed by atoms with Gasteiger partial charge in [0.25, 0.3) is 0 Å². The van der Waals surface area contributed by atoms with E-state index in [4.69, 9.17) is 14.7 Å². The van der Waals surface area contributed by atoms with Gasteiger partial charge < -0.3 is 19.5 Å². The molecule has 0 amide bonds. The fourth-order valence-corrected chi connectivity index (χ4v) is 4.18. The largest absolute Gasteiger partial charge is 0.372 e. The van der Waals surface area contributed by atoms with Crippen LogP contribution in [0.4, 0.5) is 10.9 Å². The normalized spacial score (nSPS) is 22.2. The molecule has 0 bridgehead atoms. The number of pyridine rings is 1. The fraction of sp³-hybridized carbons (Fsp3) is 0.533. The van der Waals surface area contributed by atoms with Gasteiger partial charge in [0.2, 0.25) is 0 Å². The van der Waals surface area contributed by atoms with E-state index in [-0.39, 0.29) is 12.2 Å². The van der Waals surface area contributed by atoms with E-state index in [0.29, 0.717) is 0 Å². The average Bonchev–Trinajstić information content (AvgIpc) is 3.09. The summed E-state index contributed by atoms with van der Waals surface area (Å²) in [7, 11) is 3.86. The van der Waals surface area contributed by atoms with Gasteiger partial charge in [0.15, 0.2) is 10.9 Å². The molecule has 0 aromatic carbocycles. The number of nitrogens with one attached hydrogen (secondary N) is 1. The molecule has 3 aromatic rings. The molecule has 0 spiro atoms. The van der Waals surface area contributed by atoms with E-state index in [0.717, 1.165) is 45.4 Å². The first kappa shape index (κ1) is 14.6. The van der Waals surface area contributed by atoms with Crippen LogP contribution in [-0.2, 0) is 11.8 Å². The Balaban J connectivity index is 1.87. The molecule has 23 heavy (non-hydrogen) atoms. The lowest BCUT2D eigenvalue weighted by atomic mass is 10.2. The highest BCUT2D eigenvalue weighted by molar-refractivity contribution is 7.22. The van der Waals surface area contributed by atoms with E-state index in [9.17, 15) is 0 Å². The van der Waals surface area contributed by atoms with Gasteiger partial charge in [0.1, 0.15) is 21.4 Å². The lowest BCUT2D eigenvalue weighted by molar-refractivity contribution is -0.00521. The number of anilines is 2. The number of rotatable bonds is 2. The second-order valence-electron chi connectivity index (χ2n) is 6.08. The van der Waals surface area contributed by atoms with E-state index in [2.05, 4.69) is 29.0 Å². The standard InChI is InChI=1S/C15H20N6OS/c1-8-5-21(6-9(2)22-8)15-18-11-12-10(17-7-20(12)4)13(16-3)19-14(11)23-15/h7-9H,5-6H2,1-4H3,(H,16,19). The molecule has 0 aliphatic carbocycles. The third-order valence-electron chi connectivity index (χ3n) is 4.12. The quantitative estimate of drug-likeness (QED) is 0.776. The van der Waals surface area contributed by atoms with Crippen LogP contribution >= 0.6 is 11.3 Å². The van der Waals surface area contributed by atoms with E-state index in [1.807, 2.05) is 25.0 Å². The Morgan fingerprint density at radius 2 is 1.96 bits per heavy atom. The summed E-state index contributed by atoms with van der Waals surface area (Å²) < 4.78 is 7.83. The van der Waals surface area contributed by atoms with Gasteiger partial charge in [-0.2, -0.15) is 0 Å². The molecule has 1 fully saturated rings. The second-order valence-corrected chi connectivity index (χ2v) is 7.03.